The molecule has 2 aromatic rings. The number of alkyl halides is 3. The van der Waals surface area contributed by atoms with Gasteiger partial charge in [-0.2, -0.15) is 13.2 Å². The van der Waals surface area contributed by atoms with Crippen LogP contribution in [-0.4, -0.2) is 17.0 Å². The number of carbonyl (C=O) groups is 1. The van der Waals surface area contributed by atoms with Gasteiger partial charge in [-0.1, -0.05) is 23.7 Å². The fraction of sp³-hybridized carbons (Fsp3) is 0.267. The monoisotopic (exact) mass is 315 g/mol. The van der Waals surface area contributed by atoms with Crippen LogP contribution in [0.15, 0.2) is 30.5 Å². The van der Waals surface area contributed by atoms with Crippen molar-refractivity contribution >= 4 is 34.4 Å². The van der Waals surface area contributed by atoms with E-state index in [0.29, 0.717) is 17.4 Å². The third-order valence-corrected chi connectivity index (χ3v) is 3.54. The molecular weight excluding hydrogens is 303 g/mol. The molecular formula is C15H13ClF3NO. The van der Waals surface area contributed by atoms with Gasteiger partial charge in [-0.15, -0.1) is 0 Å². The zero-order chi connectivity index (χ0) is 15.6. The molecule has 0 atom stereocenters. The molecule has 0 unspecified atom stereocenters. The number of hydrogen-bond acceptors (Lipinski definition) is 1. The number of aromatic nitrogens is 1. The first kappa shape index (κ1) is 15.6. The Hall–Kier alpha value is -1.75. The summed E-state index contributed by atoms with van der Waals surface area (Å²) in [5.74, 6) is 0. The number of fused-ring (bicyclic) bond motifs is 1. The van der Waals surface area contributed by atoms with E-state index in [4.69, 9.17) is 11.6 Å². The molecule has 0 aliphatic rings. The summed E-state index contributed by atoms with van der Waals surface area (Å²) in [5.41, 5.74) is -0.107. The van der Waals surface area contributed by atoms with Crippen molar-refractivity contribution in [1.82, 2.24) is 4.57 Å². The maximum Gasteiger partial charge on any atom is 0.416 e. The second-order valence-corrected chi connectivity index (χ2v) is 4.93. The van der Waals surface area contributed by atoms with E-state index in [0.717, 1.165) is 12.4 Å². The number of carbonyl (C=O) groups excluding carboxylic acids is 1. The summed E-state index contributed by atoms with van der Waals surface area (Å²) >= 11 is 6.08. The Labute approximate surface area is 124 Å². The fourth-order valence-electron chi connectivity index (χ4n) is 2.36. The predicted molar refractivity (Wildman–Crippen MR) is 77.3 cm³/mol. The molecule has 2 rings (SSSR count). The SMILES string of the molecule is C/C=C(\c1cn(CCC=O)c2cccc(Cl)c12)C(F)(F)F. The van der Waals surface area contributed by atoms with Crippen molar-refractivity contribution in [3.8, 4) is 0 Å². The van der Waals surface area contributed by atoms with Gasteiger partial charge in [-0.3, -0.25) is 0 Å². The zero-order valence-corrected chi connectivity index (χ0v) is 12.0. The number of rotatable bonds is 4. The second-order valence-electron chi connectivity index (χ2n) is 4.53. The molecule has 0 bridgehead atoms. The van der Waals surface area contributed by atoms with Crippen molar-refractivity contribution in [3.63, 3.8) is 0 Å². The average Bonchev–Trinajstić information content (AvgIpc) is 2.76. The van der Waals surface area contributed by atoms with Crippen molar-refractivity contribution in [1.29, 1.82) is 0 Å². The minimum atomic E-state index is -4.46. The highest BCUT2D eigenvalue weighted by molar-refractivity contribution is 6.36. The molecule has 0 fully saturated rings. The molecule has 2 nitrogen and oxygen atoms in total. The number of aldehydes is 1. The molecule has 0 aliphatic carbocycles. The van der Waals surface area contributed by atoms with Crippen molar-refractivity contribution in [2.75, 3.05) is 0 Å². The molecule has 21 heavy (non-hydrogen) atoms. The van der Waals surface area contributed by atoms with E-state index in [1.54, 1.807) is 22.8 Å². The van der Waals surface area contributed by atoms with Crippen molar-refractivity contribution in [3.05, 3.63) is 41.1 Å². The van der Waals surface area contributed by atoms with Gasteiger partial charge in [-0.05, 0) is 19.1 Å². The first-order valence-electron chi connectivity index (χ1n) is 6.35. The van der Waals surface area contributed by atoms with Crippen LogP contribution in [0.5, 0.6) is 0 Å². The minimum Gasteiger partial charge on any atom is -0.346 e. The third kappa shape index (κ3) is 2.97. The van der Waals surface area contributed by atoms with Gasteiger partial charge in [0.25, 0.3) is 0 Å². The van der Waals surface area contributed by atoms with Crippen LogP contribution >= 0.6 is 11.6 Å². The Morgan fingerprint density at radius 3 is 2.67 bits per heavy atom. The Morgan fingerprint density at radius 2 is 2.10 bits per heavy atom. The van der Waals surface area contributed by atoms with Crippen molar-refractivity contribution in [2.24, 2.45) is 0 Å². The number of nitrogens with zero attached hydrogens (tertiary/aromatic N) is 1. The first-order valence-corrected chi connectivity index (χ1v) is 6.72. The highest BCUT2D eigenvalue weighted by Gasteiger charge is 2.36. The predicted octanol–water partition coefficient (Wildman–Crippen LogP) is 4.85. The van der Waals surface area contributed by atoms with Crippen LogP contribution in [0.1, 0.15) is 18.9 Å². The average molecular weight is 316 g/mol. The van der Waals surface area contributed by atoms with Crippen LogP contribution in [0.3, 0.4) is 0 Å². The lowest BCUT2D eigenvalue weighted by Gasteiger charge is -2.10. The van der Waals surface area contributed by atoms with E-state index in [-0.39, 0.29) is 17.0 Å². The lowest BCUT2D eigenvalue weighted by Crippen LogP contribution is -2.10. The summed E-state index contributed by atoms with van der Waals surface area (Å²) in [4.78, 5) is 10.5. The van der Waals surface area contributed by atoms with Crippen molar-refractivity contribution < 1.29 is 18.0 Å². The molecule has 0 N–H and O–H groups in total. The Morgan fingerprint density at radius 1 is 1.38 bits per heavy atom. The summed E-state index contributed by atoms with van der Waals surface area (Å²) in [7, 11) is 0. The van der Waals surface area contributed by atoms with Gasteiger partial charge in [-0.25, -0.2) is 0 Å². The smallest absolute Gasteiger partial charge is 0.346 e. The standard InChI is InChI=1S/C15H13ClF3NO/c1-2-11(15(17,18)19)10-9-20(7-4-8-21)13-6-3-5-12(16)14(10)13/h2-3,5-6,8-9H,4,7H2,1H3/b11-2+. The number of allylic oxidation sites excluding steroid dienone is 2. The summed E-state index contributed by atoms with van der Waals surface area (Å²) in [6.45, 7) is 1.66. The second kappa shape index (κ2) is 5.93. The van der Waals surface area contributed by atoms with E-state index < -0.39 is 11.7 Å². The molecule has 0 saturated heterocycles. The minimum absolute atomic E-state index is 0.0384. The van der Waals surface area contributed by atoms with Crippen LogP contribution in [0.4, 0.5) is 13.2 Å². The molecule has 0 radical (unpaired) electrons. The molecule has 112 valence electrons. The van der Waals surface area contributed by atoms with Crippen LogP contribution in [0, 0.1) is 0 Å². The van der Waals surface area contributed by atoms with Gasteiger partial charge >= 0.3 is 6.18 Å². The molecule has 1 aromatic heterocycles. The van der Waals surface area contributed by atoms with Crippen LogP contribution in [-0.2, 0) is 11.3 Å². The van der Waals surface area contributed by atoms with Crippen LogP contribution in [0.25, 0.3) is 16.5 Å². The highest BCUT2D eigenvalue weighted by Crippen LogP contribution is 2.40. The van der Waals surface area contributed by atoms with Gasteiger partial charge in [0, 0.05) is 30.1 Å². The molecule has 1 heterocycles. The largest absolute Gasteiger partial charge is 0.416 e. The fourth-order valence-corrected chi connectivity index (χ4v) is 2.63. The Bertz CT molecular complexity index is 701. The normalized spacial score (nSPS) is 12.9. The highest BCUT2D eigenvalue weighted by atomic mass is 35.5. The lowest BCUT2D eigenvalue weighted by molar-refractivity contribution is -0.108. The summed E-state index contributed by atoms with van der Waals surface area (Å²) in [5, 5.41) is 0.617. The van der Waals surface area contributed by atoms with Gasteiger partial charge in [0.1, 0.15) is 6.29 Å². The number of benzene rings is 1. The number of aryl methyl sites for hydroxylation is 1. The van der Waals surface area contributed by atoms with Crippen LogP contribution < -0.4 is 0 Å². The maximum atomic E-state index is 13.2. The first-order chi connectivity index (χ1) is 9.90. The maximum absolute atomic E-state index is 13.2. The van der Waals surface area contributed by atoms with Gasteiger partial charge < -0.3 is 9.36 Å². The molecule has 1 aromatic carbocycles. The third-order valence-electron chi connectivity index (χ3n) is 3.23. The Kier molecular flexibility index (Phi) is 4.42. The number of hydrogen-bond donors (Lipinski definition) is 0. The van der Waals surface area contributed by atoms with E-state index in [1.807, 2.05) is 0 Å². The summed E-state index contributed by atoms with van der Waals surface area (Å²) in [6, 6.07) is 4.93. The number of halogens is 4. The topological polar surface area (TPSA) is 22.0 Å². The molecule has 0 aliphatic heterocycles. The summed E-state index contributed by atoms with van der Waals surface area (Å²) in [6.07, 6.45) is -1.06. The Balaban J connectivity index is 2.71. The van der Waals surface area contributed by atoms with Gasteiger partial charge in [0.2, 0.25) is 0 Å². The molecule has 0 amide bonds. The van der Waals surface area contributed by atoms with Crippen LogP contribution in [0.2, 0.25) is 5.02 Å². The zero-order valence-electron chi connectivity index (χ0n) is 11.2. The van der Waals surface area contributed by atoms with E-state index in [9.17, 15) is 18.0 Å². The van der Waals surface area contributed by atoms with Crippen molar-refractivity contribution in [2.45, 2.75) is 26.1 Å². The molecule has 0 saturated carbocycles. The summed E-state index contributed by atoms with van der Waals surface area (Å²) < 4.78 is 41.1. The van der Waals surface area contributed by atoms with Gasteiger partial charge in [0.05, 0.1) is 16.1 Å². The van der Waals surface area contributed by atoms with Gasteiger partial charge in [0.15, 0.2) is 0 Å². The molecule has 6 heteroatoms. The molecule has 0 spiro atoms. The van der Waals surface area contributed by atoms with E-state index in [2.05, 4.69) is 0 Å². The lowest BCUT2D eigenvalue weighted by atomic mass is 10.0. The van der Waals surface area contributed by atoms with E-state index in [1.165, 1.54) is 13.1 Å². The van der Waals surface area contributed by atoms with E-state index >= 15 is 0 Å². The quantitative estimate of drug-likeness (QED) is 0.739.